The lowest BCUT2D eigenvalue weighted by Crippen LogP contribution is -2.13. The minimum Gasteiger partial charge on any atom is -0.455 e. The molecule has 2 aromatic carbocycles. The number of aryl methyl sites for hydroxylation is 2. The third-order valence-corrected chi connectivity index (χ3v) is 5.87. The van der Waals surface area contributed by atoms with Crippen LogP contribution in [0.1, 0.15) is 11.1 Å². The van der Waals surface area contributed by atoms with E-state index in [2.05, 4.69) is 14.4 Å². The summed E-state index contributed by atoms with van der Waals surface area (Å²) in [6, 6.07) is 13.3. The number of rotatable bonds is 7. The minimum absolute atomic E-state index is 0.00792. The molecule has 0 aliphatic carbocycles. The summed E-state index contributed by atoms with van der Waals surface area (Å²) >= 11 is 0. The first-order valence-electron chi connectivity index (χ1n) is 8.67. The van der Waals surface area contributed by atoms with Crippen LogP contribution >= 0.6 is 0 Å². The summed E-state index contributed by atoms with van der Waals surface area (Å²) in [5, 5.41) is 0. The van der Waals surface area contributed by atoms with E-state index >= 15 is 0 Å². The van der Waals surface area contributed by atoms with Crippen molar-refractivity contribution in [1.29, 1.82) is 0 Å². The standard InChI is InChI=1S/C20H21N3O4S2/c1-14-6-9-19(15(2)11-14)27-20-12-17(7-8-18(20)22-28(3)24)29(25,26)23-16-5-4-10-21-13-16/h4-13,22-23H,1-3H3. The highest BCUT2D eigenvalue weighted by molar-refractivity contribution is 7.92. The highest BCUT2D eigenvalue weighted by Gasteiger charge is 2.18. The molecule has 0 radical (unpaired) electrons. The zero-order chi connectivity index (χ0) is 21.0. The van der Waals surface area contributed by atoms with Gasteiger partial charge in [0.2, 0.25) is 0 Å². The molecule has 0 aliphatic rings. The van der Waals surface area contributed by atoms with Crippen molar-refractivity contribution >= 4 is 32.4 Å². The molecule has 0 saturated carbocycles. The lowest BCUT2D eigenvalue weighted by Gasteiger charge is -2.15. The number of nitrogens with one attached hydrogen (secondary N) is 2. The zero-order valence-electron chi connectivity index (χ0n) is 16.2. The summed E-state index contributed by atoms with van der Waals surface area (Å²) in [6.45, 7) is 3.87. The summed E-state index contributed by atoms with van der Waals surface area (Å²) in [5.41, 5.74) is 2.75. The van der Waals surface area contributed by atoms with Crippen molar-refractivity contribution in [3.63, 3.8) is 0 Å². The number of pyridine rings is 1. The van der Waals surface area contributed by atoms with Crippen LogP contribution in [0.25, 0.3) is 0 Å². The largest absolute Gasteiger partial charge is 0.455 e. The summed E-state index contributed by atoms with van der Waals surface area (Å²) < 4.78 is 48.4. The van der Waals surface area contributed by atoms with E-state index in [1.165, 1.54) is 30.7 Å². The Labute approximate surface area is 172 Å². The Hall–Kier alpha value is -2.91. The van der Waals surface area contributed by atoms with Gasteiger partial charge in [-0.3, -0.25) is 9.71 Å². The van der Waals surface area contributed by atoms with Gasteiger partial charge in [0.25, 0.3) is 10.0 Å². The van der Waals surface area contributed by atoms with E-state index in [1.54, 1.807) is 18.3 Å². The summed E-state index contributed by atoms with van der Waals surface area (Å²) in [4.78, 5) is 3.91. The van der Waals surface area contributed by atoms with Crippen LogP contribution in [0.4, 0.5) is 11.4 Å². The van der Waals surface area contributed by atoms with E-state index in [1.807, 2.05) is 32.0 Å². The average molecular weight is 432 g/mol. The number of sulfonamides is 1. The molecule has 0 saturated heterocycles. The highest BCUT2D eigenvalue weighted by Crippen LogP contribution is 2.34. The Morgan fingerprint density at radius 2 is 1.83 bits per heavy atom. The molecule has 1 atom stereocenters. The van der Waals surface area contributed by atoms with E-state index < -0.39 is 21.0 Å². The Bertz CT molecular complexity index is 1150. The predicted molar refractivity (Wildman–Crippen MR) is 115 cm³/mol. The van der Waals surface area contributed by atoms with Gasteiger partial charge in [-0.25, -0.2) is 12.6 Å². The quantitative estimate of drug-likeness (QED) is 0.589. The topological polar surface area (TPSA) is 97.4 Å². The van der Waals surface area contributed by atoms with Crippen LogP contribution in [-0.4, -0.2) is 23.9 Å². The van der Waals surface area contributed by atoms with Gasteiger partial charge >= 0.3 is 0 Å². The maximum absolute atomic E-state index is 12.8. The second kappa shape index (κ2) is 8.62. The first-order valence-corrected chi connectivity index (χ1v) is 11.7. The maximum Gasteiger partial charge on any atom is 0.262 e. The van der Waals surface area contributed by atoms with Crippen molar-refractivity contribution in [3.8, 4) is 11.5 Å². The SMILES string of the molecule is Cc1ccc(Oc2cc(S(=O)(=O)Nc3cccnc3)ccc2NS(C)=O)c(C)c1. The van der Waals surface area contributed by atoms with Crippen molar-refractivity contribution < 1.29 is 17.4 Å². The van der Waals surface area contributed by atoms with Gasteiger partial charge in [-0.2, -0.15) is 0 Å². The third-order valence-electron chi connectivity index (χ3n) is 3.98. The van der Waals surface area contributed by atoms with Crippen LogP contribution in [0.2, 0.25) is 0 Å². The zero-order valence-corrected chi connectivity index (χ0v) is 17.8. The molecular formula is C20H21N3O4S2. The van der Waals surface area contributed by atoms with Crippen LogP contribution < -0.4 is 14.2 Å². The molecular weight excluding hydrogens is 410 g/mol. The smallest absolute Gasteiger partial charge is 0.262 e. The second-order valence-corrected chi connectivity index (χ2v) is 9.23. The molecule has 29 heavy (non-hydrogen) atoms. The van der Waals surface area contributed by atoms with Gasteiger partial charge in [-0.15, -0.1) is 0 Å². The number of ether oxygens (including phenoxy) is 1. The third kappa shape index (κ3) is 5.33. The number of benzene rings is 2. The molecule has 0 amide bonds. The van der Waals surface area contributed by atoms with Crippen LogP contribution in [0.5, 0.6) is 11.5 Å². The van der Waals surface area contributed by atoms with Gasteiger partial charge in [0.15, 0.2) is 5.75 Å². The second-order valence-electron chi connectivity index (χ2n) is 6.43. The van der Waals surface area contributed by atoms with E-state index in [9.17, 15) is 12.6 Å². The average Bonchev–Trinajstić information content (AvgIpc) is 2.65. The molecule has 1 unspecified atom stereocenters. The van der Waals surface area contributed by atoms with Crippen LogP contribution in [-0.2, 0) is 21.0 Å². The molecule has 152 valence electrons. The van der Waals surface area contributed by atoms with Gasteiger partial charge in [0, 0.05) is 18.5 Å². The molecule has 0 bridgehead atoms. The normalized spacial score (nSPS) is 12.2. The van der Waals surface area contributed by atoms with Crippen LogP contribution in [0.3, 0.4) is 0 Å². The number of nitrogens with zero attached hydrogens (tertiary/aromatic N) is 1. The highest BCUT2D eigenvalue weighted by atomic mass is 32.2. The molecule has 3 aromatic rings. The molecule has 9 heteroatoms. The van der Waals surface area contributed by atoms with Crippen LogP contribution in [0.15, 0.2) is 65.8 Å². The summed E-state index contributed by atoms with van der Waals surface area (Å²) in [7, 11) is -5.22. The maximum atomic E-state index is 12.8. The van der Waals surface area contributed by atoms with Gasteiger partial charge in [-0.1, -0.05) is 17.7 Å². The Kier molecular flexibility index (Phi) is 6.19. The van der Waals surface area contributed by atoms with E-state index in [-0.39, 0.29) is 10.6 Å². The van der Waals surface area contributed by atoms with Crippen molar-refractivity contribution in [1.82, 2.24) is 4.98 Å². The summed E-state index contributed by atoms with van der Waals surface area (Å²) in [6.07, 6.45) is 4.45. The summed E-state index contributed by atoms with van der Waals surface area (Å²) in [5.74, 6) is 0.830. The fourth-order valence-electron chi connectivity index (χ4n) is 2.66. The predicted octanol–water partition coefficient (Wildman–Crippen LogP) is 4.00. The van der Waals surface area contributed by atoms with Crippen molar-refractivity contribution in [2.24, 2.45) is 0 Å². The molecule has 3 rings (SSSR count). The Balaban J connectivity index is 1.99. The molecule has 2 N–H and O–H groups in total. The molecule has 7 nitrogen and oxygen atoms in total. The van der Waals surface area contributed by atoms with Gasteiger partial charge in [-0.05, 0) is 49.7 Å². The first-order chi connectivity index (χ1) is 13.7. The monoisotopic (exact) mass is 431 g/mol. The first kappa shape index (κ1) is 20.8. The van der Waals surface area contributed by atoms with Crippen molar-refractivity contribution in [2.45, 2.75) is 18.7 Å². The number of hydrogen-bond donors (Lipinski definition) is 2. The molecule has 0 spiro atoms. The fraction of sp³-hybridized carbons (Fsp3) is 0.150. The van der Waals surface area contributed by atoms with E-state index in [0.717, 1.165) is 11.1 Å². The molecule has 0 fully saturated rings. The molecule has 0 aliphatic heterocycles. The Morgan fingerprint density at radius 3 is 2.48 bits per heavy atom. The van der Waals surface area contributed by atoms with Crippen molar-refractivity contribution in [3.05, 3.63) is 72.1 Å². The molecule has 1 heterocycles. The van der Waals surface area contributed by atoms with Crippen molar-refractivity contribution in [2.75, 3.05) is 15.7 Å². The van der Waals surface area contributed by atoms with Gasteiger partial charge < -0.3 is 9.46 Å². The molecule has 1 aromatic heterocycles. The van der Waals surface area contributed by atoms with Crippen LogP contribution in [0, 0.1) is 13.8 Å². The number of aromatic nitrogens is 1. The van der Waals surface area contributed by atoms with E-state index in [0.29, 0.717) is 17.1 Å². The van der Waals surface area contributed by atoms with Gasteiger partial charge in [0.05, 0.1) is 22.5 Å². The lowest BCUT2D eigenvalue weighted by molar-refractivity contribution is 0.479. The fourth-order valence-corrected chi connectivity index (χ4v) is 4.20. The number of hydrogen-bond acceptors (Lipinski definition) is 5. The van der Waals surface area contributed by atoms with Gasteiger partial charge in [0.1, 0.15) is 16.7 Å². The lowest BCUT2D eigenvalue weighted by atomic mass is 10.1. The van der Waals surface area contributed by atoms with E-state index in [4.69, 9.17) is 4.74 Å². The number of anilines is 2. The minimum atomic E-state index is -3.86. The Morgan fingerprint density at radius 1 is 1.03 bits per heavy atom.